The third-order valence-corrected chi connectivity index (χ3v) is 3.11. The summed E-state index contributed by atoms with van der Waals surface area (Å²) in [6, 6.07) is 5.06. The Morgan fingerprint density at radius 2 is 2.00 bits per heavy atom. The molecule has 7 heteroatoms. The number of anilines is 2. The Labute approximate surface area is 133 Å². The van der Waals surface area contributed by atoms with Crippen molar-refractivity contribution in [2.24, 2.45) is 0 Å². The number of aryl methyl sites for hydroxylation is 1. The number of carbonyl (C=O) groups is 2. The van der Waals surface area contributed by atoms with Gasteiger partial charge in [0, 0.05) is 12.2 Å². The lowest BCUT2D eigenvalue weighted by atomic mass is 10.2. The summed E-state index contributed by atoms with van der Waals surface area (Å²) in [6.07, 6.45) is 2.19. The standard InChI is InChI=1S/C16H18FN3O3/c1-3-7-18-16(22)19-11-4-5-13(17)14(9-11)20-15(21)12-6-8-23-10(12)2/h4-6,8-9H,3,7H2,1-2H3,(H,20,21)(H2,18,19,22). The van der Waals surface area contributed by atoms with Crippen molar-refractivity contribution < 1.29 is 18.4 Å². The molecule has 0 aliphatic carbocycles. The number of amides is 3. The fraction of sp³-hybridized carbons (Fsp3) is 0.250. The van der Waals surface area contributed by atoms with Gasteiger partial charge < -0.3 is 20.4 Å². The van der Waals surface area contributed by atoms with Crippen LogP contribution in [0.15, 0.2) is 34.9 Å². The number of hydrogen-bond acceptors (Lipinski definition) is 3. The van der Waals surface area contributed by atoms with Crippen molar-refractivity contribution in [3.8, 4) is 0 Å². The molecule has 6 nitrogen and oxygen atoms in total. The van der Waals surface area contributed by atoms with Crippen LogP contribution < -0.4 is 16.0 Å². The van der Waals surface area contributed by atoms with E-state index in [1.807, 2.05) is 6.92 Å². The Balaban J connectivity index is 2.10. The molecule has 0 radical (unpaired) electrons. The normalized spacial score (nSPS) is 10.2. The number of rotatable bonds is 5. The second-order valence-electron chi connectivity index (χ2n) is 4.92. The van der Waals surface area contributed by atoms with Crippen LogP contribution in [0.5, 0.6) is 0 Å². The van der Waals surface area contributed by atoms with Crippen LogP contribution in [0.25, 0.3) is 0 Å². The Morgan fingerprint density at radius 3 is 2.65 bits per heavy atom. The minimum atomic E-state index is -0.598. The van der Waals surface area contributed by atoms with E-state index in [4.69, 9.17) is 4.42 Å². The van der Waals surface area contributed by atoms with E-state index in [1.54, 1.807) is 6.92 Å². The van der Waals surface area contributed by atoms with E-state index in [2.05, 4.69) is 16.0 Å². The van der Waals surface area contributed by atoms with Gasteiger partial charge in [-0.15, -0.1) is 0 Å². The molecule has 0 aliphatic heterocycles. The lowest BCUT2D eigenvalue weighted by Crippen LogP contribution is -2.29. The van der Waals surface area contributed by atoms with Crippen LogP contribution >= 0.6 is 0 Å². The number of halogens is 1. The molecule has 1 aromatic carbocycles. The Morgan fingerprint density at radius 1 is 1.22 bits per heavy atom. The molecule has 3 N–H and O–H groups in total. The first kappa shape index (κ1) is 16.5. The maximum Gasteiger partial charge on any atom is 0.319 e. The predicted octanol–water partition coefficient (Wildman–Crippen LogP) is 3.51. The largest absolute Gasteiger partial charge is 0.469 e. The van der Waals surface area contributed by atoms with Crippen molar-refractivity contribution >= 4 is 23.3 Å². The van der Waals surface area contributed by atoms with Crippen molar-refractivity contribution in [2.75, 3.05) is 17.2 Å². The number of urea groups is 1. The van der Waals surface area contributed by atoms with E-state index >= 15 is 0 Å². The maximum absolute atomic E-state index is 13.8. The SMILES string of the molecule is CCCNC(=O)Nc1ccc(F)c(NC(=O)c2ccoc2C)c1. The Kier molecular flexibility index (Phi) is 5.35. The summed E-state index contributed by atoms with van der Waals surface area (Å²) < 4.78 is 18.9. The number of furan rings is 1. The number of hydrogen-bond donors (Lipinski definition) is 3. The van der Waals surface area contributed by atoms with Crippen molar-refractivity contribution in [1.82, 2.24) is 5.32 Å². The molecule has 0 saturated carbocycles. The van der Waals surface area contributed by atoms with Crippen molar-refractivity contribution in [2.45, 2.75) is 20.3 Å². The smallest absolute Gasteiger partial charge is 0.319 e. The third kappa shape index (κ3) is 4.32. The van der Waals surface area contributed by atoms with Crippen molar-refractivity contribution in [3.05, 3.63) is 47.7 Å². The Bertz CT molecular complexity index is 712. The second-order valence-corrected chi connectivity index (χ2v) is 4.92. The van der Waals surface area contributed by atoms with E-state index in [1.165, 1.54) is 30.5 Å². The van der Waals surface area contributed by atoms with Gasteiger partial charge in [0.2, 0.25) is 0 Å². The number of carbonyl (C=O) groups excluding carboxylic acids is 2. The molecule has 0 saturated heterocycles. The predicted molar refractivity (Wildman–Crippen MR) is 85.1 cm³/mol. The van der Waals surface area contributed by atoms with Crippen LogP contribution in [-0.2, 0) is 0 Å². The number of benzene rings is 1. The van der Waals surface area contributed by atoms with Crippen LogP contribution in [0.3, 0.4) is 0 Å². The molecule has 0 fully saturated rings. The van der Waals surface area contributed by atoms with Gasteiger partial charge >= 0.3 is 6.03 Å². The summed E-state index contributed by atoms with van der Waals surface area (Å²) in [7, 11) is 0. The van der Waals surface area contributed by atoms with E-state index in [0.717, 1.165) is 6.42 Å². The van der Waals surface area contributed by atoms with Gasteiger partial charge in [-0.2, -0.15) is 0 Å². The molecule has 1 aromatic heterocycles. The fourth-order valence-corrected chi connectivity index (χ4v) is 1.92. The second kappa shape index (κ2) is 7.44. The van der Waals surface area contributed by atoms with Crippen molar-refractivity contribution in [1.29, 1.82) is 0 Å². The van der Waals surface area contributed by atoms with Crippen molar-refractivity contribution in [3.63, 3.8) is 0 Å². The van der Waals surface area contributed by atoms with Gasteiger partial charge in [-0.25, -0.2) is 9.18 Å². The van der Waals surface area contributed by atoms with Gasteiger partial charge in [0.15, 0.2) is 0 Å². The average Bonchev–Trinajstić information content (AvgIpc) is 2.94. The molecular formula is C16H18FN3O3. The molecule has 3 amide bonds. The zero-order chi connectivity index (χ0) is 16.8. The van der Waals surface area contributed by atoms with E-state index in [9.17, 15) is 14.0 Å². The van der Waals surface area contributed by atoms with Gasteiger partial charge in [0.1, 0.15) is 11.6 Å². The van der Waals surface area contributed by atoms with Gasteiger partial charge in [0.25, 0.3) is 5.91 Å². The zero-order valence-corrected chi connectivity index (χ0v) is 12.9. The van der Waals surface area contributed by atoms with Gasteiger partial charge in [-0.05, 0) is 37.6 Å². The Hall–Kier alpha value is -2.83. The number of nitrogens with one attached hydrogen (secondary N) is 3. The summed E-state index contributed by atoms with van der Waals surface area (Å²) in [5, 5.41) is 7.68. The van der Waals surface area contributed by atoms with Gasteiger partial charge in [-0.1, -0.05) is 6.92 Å². The molecule has 122 valence electrons. The molecule has 0 bridgehead atoms. The van der Waals surface area contributed by atoms with Crippen LogP contribution in [-0.4, -0.2) is 18.5 Å². The summed E-state index contributed by atoms with van der Waals surface area (Å²) in [6.45, 7) is 4.11. The molecule has 0 spiro atoms. The highest BCUT2D eigenvalue weighted by molar-refractivity contribution is 6.05. The summed E-state index contributed by atoms with van der Waals surface area (Å²) in [5.74, 6) is -0.641. The van der Waals surface area contributed by atoms with Gasteiger partial charge in [0.05, 0.1) is 17.5 Å². The summed E-state index contributed by atoms with van der Waals surface area (Å²) in [5.41, 5.74) is 0.673. The quantitative estimate of drug-likeness (QED) is 0.788. The minimum Gasteiger partial charge on any atom is -0.469 e. The molecule has 2 rings (SSSR count). The fourth-order valence-electron chi connectivity index (χ4n) is 1.92. The molecule has 0 aliphatic rings. The highest BCUT2D eigenvalue weighted by atomic mass is 19.1. The van der Waals surface area contributed by atoms with Crippen LogP contribution in [0, 0.1) is 12.7 Å². The van der Waals surface area contributed by atoms with Crippen LogP contribution in [0.4, 0.5) is 20.6 Å². The summed E-state index contributed by atoms with van der Waals surface area (Å²) >= 11 is 0. The topological polar surface area (TPSA) is 83.4 Å². The summed E-state index contributed by atoms with van der Waals surface area (Å²) in [4.78, 5) is 23.7. The molecule has 1 heterocycles. The first-order valence-electron chi connectivity index (χ1n) is 7.21. The minimum absolute atomic E-state index is 0.0242. The average molecular weight is 319 g/mol. The van der Waals surface area contributed by atoms with E-state index < -0.39 is 11.7 Å². The molecule has 0 atom stereocenters. The maximum atomic E-state index is 13.8. The lowest BCUT2D eigenvalue weighted by molar-refractivity contribution is 0.102. The highest BCUT2D eigenvalue weighted by Crippen LogP contribution is 2.21. The lowest BCUT2D eigenvalue weighted by Gasteiger charge is -2.10. The van der Waals surface area contributed by atoms with E-state index in [-0.39, 0.29) is 11.7 Å². The van der Waals surface area contributed by atoms with Crippen LogP contribution in [0.2, 0.25) is 0 Å². The molecule has 23 heavy (non-hydrogen) atoms. The molecule has 2 aromatic rings. The zero-order valence-electron chi connectivity index (χ0n) is 12.9. The van der Waals surface area contributed by atoms with Gasteiger partial charge in [-0.3, -0.25) is 4.79 Å². The molecule has 0 unspecified atom stereocenters. The van der Waals surface area contributed by atoms with Crippen LogP contribution in [0.1, 0.15) is 29.5 Å². The first-order chi connectivity index (χ1) is 11.0. The first-order valence-corrected chi connectivity index (χ1v) is 7.21. The highest BCUT2D eigenvalue weighted by Gasteiger charge is 2.14. The third-order valence-electron chi connectivity index (χ3n) is 3.11. The van der Waals surface area contributed by atoms with E-state index in [0.29, 0.717) is 23.6 Å². The molecular weight excluding hydrogens is 301 g/mol. The monoisotopic (exact) mass is 319 g/mol.